The third-order valence-electron chi connectivity index (χ3n) is 7.54. The second kappa shape index (κ2) is 9.29. The van der Waals surface area contributed by atoms with Gasteiger partial charge in [-0.1, -0.05) is 11.6 Å². The van der Waals surface area contributed by atoms with Crippen molar-refractivity contribution >= 4 is 35.1 Å². The van der Waals surface area contributed by atoms with E-state index in [1.807, 2.05) is 0 Å². The Bertz CT molecular complexity index is 946. The topological polar surface area (TPSA) is 128 Å². The predicted octanol–water partition coefficient (Wildman–Crippen LogP) is 3.24. The van der Waals surface area contributed by atoms with Crippen molar-refractivity contribution in [2.24, 2.45) is 23.2 Å². The number of nitrogens with one attached hydrogen (secondary N) is 2. The fraction of sp³-hybridized carbons (Fsp3) is 0.609. The standard InChI is InChI=1S/C23H28ClN3O6/c1-13(23-8-14-4-15(9-23)6-16(5-14)10-23)26-20(28)12-33-21(29)11-25-22(30)17-2-3-18(24)19(7-17)27(31)32/h2-3,7,13-16H,4-6,8-12H2,1H3,(H,25,30)(H,26,28)/t13-,14?,15?,16?,23?/m0/s1. The third kappa shape index (κ3) is 5.13. The zero-order valence-electron chi connectivity index (χ0n) is 18.5. The van der Waals surface area contributed by atoms with Gasteiger partial charge in [-0.15, -0.1) is 0 Å². The minimum absolute atomic E-state index is 0.0129. The largest absolute Gasteiger partial charge is 0.454 e. The Morgan fingerprint density at radius 1 is 1.18 bits per heavy atom. The van der Waals surface area contributed by atoms with Crippen molar-refractivity contribution in [1.29, 1.82) is 0 Å². The van der Waals surface area contributed by atoms with E-state index in [1.54, 1.807) is 0 Å². The normalized spacial score (nSPS) is 28.1. The molecule has 4 bridgehead atoms. The van der Waals surface area contributed by atoms with Crippen LogP contribution in [0.3, 0.4) is 0 Å². The number of nitro groups is 1. The predicted molar refractivity (Wildman–Crippen MR) is 120 cm³/mol. The Balaban J connectivity index is 1.21. The SMILES string of the molecule is C[C@H](NC(=O)COC(=O)CNC(=O)c1ccc(Cl)c([N+](=O)[O-])c1)C12CC3CC(CC(C3)C1)C2. The molecule has 4 fully saturated rings. The lowest BCUT2D eigenvalue weighted by molar-refractivity contribution is -0.384. The van der Waals surface area contributed by atoms with Crippen LogP contribution in [-0.4, -0.2) is 41.9 Å². The number of nitro benzene ring substituents is 1. The summed E-state index contributed by atoms with van der Waals surface area (Å²) in [6, 6.07) is 3.61. The van der Waals surface area contributed by atoms with Gasteiger partial charge in [0, 0.05) is 17.7 Å². The molecule has 178 valence electrons. The van der Waals surface area contributed by atoms with E-state index >= 15 is 0 Å². The maximum Gasteiger partial charge on any atom is 0.325 e. The van der Waals surface area contributed by atoms with Gasteiger partial charge in [0.25, 0.3) is 17.5 Å². The van der Waals surface area contributed by atoms with Crippen molar-refractivity contribution in [2.45, 2.75) is 51.5 Å². The fourth-order valence-corrected chi connectivity index (χ4v) is 6.58. The Labute approximate surface area is 196 Å². The number of benzene rings is 1. The highest BCUT2D eigenvalue weighted by Crippen LogP contribution is 2.61. The summed E-state index contributed by atoms with van der Waals surface area (Å²) in [5, 5.41) is 16.2. The number of hydrogen-bond donors (Lipinski definition) is 2. The van der Waals surface area contributed by atoms with E-state index in [1.165, 1.54) is 31.4 Å². The first-order chi connectivity index (χ1) is 15.6. The molecule has 33 heavy (non-hydrogen) atoms. The molecular formula is C23H28ClN3O6. The minimum atomic E-state index is -0.774. The van der Waals surface area contributed by atoms with Crippen LogP contribution in [0, 0.1) is 33.3 Å². The Kier molecular flexibility index (Phi) is 6.61. The van der Waals surface area contributed by atoms with Crippen LogP contribution >= 0.6 is 11.6 Å². The Morgan fingerprint density at radius 3 is 2.36 bits per heavy atom. The van der Waals surface area contributed by atoms with E-state index < -0.39 is 35.6 Å². The summed E-state index contributed by atoms with van der Waals surface area (Å²) < 4.78 is 5.00. The van der Waals surface area contributed by atoms with Gasteiger partial charge in [0.2, 0.25) is 0 Å². The molecule has 0 radical (unpaired) electrons. The first kappa shape index (κ1) is 23.5. The van der Waals surface area contributed by atoms with Crippen molar-refractivity contribution < 1.29 is 24.0 Å². The maximum atomic E-state index is 12.4. The lowest BCUT2D eigenvalue weighted by Crippen LogP contribution is -2.56. The van der Waals surface area contributed by atoms with Crippen LogP contribution < -0.4 is 10.6 Å². The number of rotatable bonds is 8. The molecule has 0 aromatic heterocycles. The molecule has 1 aromatic carbocycles. The molecule has 10 heteroatoms. The molecular weight excluding hydrogens is 450 g/mol. The zero-order valence-corrected chi connectivity index (χ0v) is 19.2. The summed E-state index contributed by atoms with van der Waals surface area (Å²) in [5.74, 6) is 0.514. The highest BCUT2D eigenvalue weighted by Gasteiger charge is 2.53. The molecule has 4 aliphatic rings. The smallest absolute Gasteiger partial charge is 0.325 e. The minimum Gasteiger partial charge on any atom is -0.454 e. The van der Waals surface area contributed by atoms with E-state index in [-0.39, 0.29) is 28.0 Å². The zero-order chi connectivity index (χ0) is 23.8. The summed E-state index contributed by atoms with van der Waals surface area (Å²) >= 11 is 5.73. The second-order valence-electron chi connectivity index (χ2n) is 9.84. The first-order valence-electron chi connectivity index (χ1n) is 11.3. The van der Waals surface area contributed by atoms with Crippen molar-refractivity contribution in [3.8, 4) is 0 Å². The van der Waals surface area contributed by atoms with Crippen molar-refractivity contribution in [3.63, 3.8) is 0 Å². The molecule has 0 unspecified atom stereocenters. The van der Waals surface area contributed by atoms with Gasteiger partial charge < -0.3 is 15.4 Å². The van der Waals surface area contributed by atoms with Gasteiger partial charge in [-0.3, -0.25) is 24.5 Å². The van der Waals surface area contributed by atoms with E-state index in [4.69, 9.17) is 16.3 Å². The average Bonchev–Trinajstić information content (AvgIpc) is 2.75. The third-order valence-corrected chi connectivity index (χ3v) is 7.86. The van der Waals surface area contributed by atoms with Crippen LogP contribution in [0.5, 0.6) is 0 Å². The lowest BCUT2D eigenvalue weighted by Gasteiger charge is -2.59. The van der Waals surface area contributed by atoms with E-state index in [2.05, 4.69) is 17.6 Å². The van der Waals surface area contributed by atoms with Crippen LogP contribution in [0.1, 0.15) is 55.8 Å². The number of carbonyl (C=O) groups is 3. The molecule has 4 aliphatic carbocycles. The molecule has 1 atom stereocenters. The van der Waals surface area contributed by atoms with Crippen molar-refractivity contribution in [2.75, 3.05) is 13.2 Å². The molecule has 0 heterocycles. The highest BCUT2D eigenvalue weighted by atomic mass is 35.5. The number of ether oxygens (including phenoxy) is 1. The second-order valence-corrected chi connectivity index (χ2v) is 10.2. The molecule has 0 spiro atoms. The number of amides is 2. The molecule has 2 amide bonds. The van der Waals surface area contributed by atoms with Crippen molar-refractivity contribution in [1.82, 2.24) is 10.6 Å². The van der Waals surface area contributed by atoms with Crippen LogP contribution in [0.2, 0.25) is 5.02 Å². The van der Waals surface area contributed by atoms with Gasteiger partial charge in [0.15, 0.2) is 6.61 Å². The molecule has 0 aliphatic heterocycles. The van der Waals surface area contributed by atoms with Crippen LogP contribution in [0.4, 0.5) is 5.69 Å². The van der Waals surface area contributed by atoms with E-state index in [0.717, 1.165) is 43.1 Å². The van der Waals surface area contributed by atoms with Gasteiger partial charge in [-0.25, -0.2) is 0 Å². The van der Waals surface area contributed by atoms with Gasteiger partial charge in [-0.05, 0) is 80.8 Å². The quantitative estimate of drug-likeness (QED) is 0.336. The highest BCUT2D eigenvalue weighted by molar-refractivity contribution is 6.32. The molecule has 2 N–H and O–H groups in total. The summed E-state index contributed by atoms with van der Waals surface area (Å²) in [7, 11) is 0. The average molecular weight is 478 g/mol. The monoisotopic (exact) mass is 477 g/mol. The molecule has 9 nitrogen and oxygen atoms in total. The number of nitrogens with zero attached hydrogens (tertiary/aromatic N) is 1. The molecule has 5 rings (SSSR count). The lowest BCUT2D eigenvalue weighted by atomic mass is 9.48. The molecule has 0 saturated heterocycles. The summed E-state index contributed by atoms with van der Waals surface area (Å²) in [4.78, 5) is 46.8. The Morgan fingerprint density at radius 2 is 1.79 bits per heavy atom. The summed E-state index contributed by atoms with van der Waals surface area (Å²) in [6.07, 6.45) is 7.46. The van der Waals surface area contributed by atoms with Gasteiger partial charge in [-0.2, -0.15) is 0 Å². The number of hydrogen-bond acceptors (Lipinski definition) is 6. The summed E-state index contributed by atoms with van der Waals surface area (Å²) in [5.41, 5.74) is -0.262. The van der Waals surface area contributed by atoms with E-state index in [0.29, 0.717) is 0 Å². The number of carbonyl (C=O) groups excluding carboxylic acids is 3. The van der Waals surface area contributed by atoms with Gasteiger partial charge in [0.1, 0.15) is 11.6 Å². The first-order valence-corrected chi connectivity index (χ1v) is 11.7. The van der Waals surface area contributed by atoms with Crippen LogP contribution in [0.15, 0.2) is 18.2 Å². The van der Waals surface area contributed by atoms with E-state index in [9.17, 15) is 24.5 Å². The van der Waals surface area contributed by atoms with Gasteiger partial charge in [0.05, 0.1) is 4.92 Å². The van der Waals surface area contributed by atoms with Crippen molar-refractivity contribution in [3.05, 3.63) is 38.9 Å². The molecule has 4 saturated carbocycles. The Hall–Kier alpha value is -2.68. The number of esters is 1. The summed E-state index contributed by atoms with van der Waals surface area (Å²) in [6.45, 7) is 1.17. The molecule has 1 aromatic rings. The van der Waals surface area contributed by atoms with Gasteiger partial charge >= 0.3 is 5.97 Å². The number of halogens is 1. The van der Waals surface area contributed by atoms with Crippen LogP contribution in [0.25, 0.3) is 0 Å². The van der Waals surface area contributed by atoms with Crippen LogP contribution in [-0.2, 0) is 14.3 Å². The maximum absolute atomic E-state index is 12.4. The fourth-order valence-electron chi connectivity index (χ4n) is 6.39.